The molecule has 0 bridgehead atoms. The second-order valence-corrected chi connectivity index (χ2v) is 6.74. The standard InChI is InChI=1S/C17H20F3N5O/c1-4-13-10(2)5-17(19,20)9-25(13)16(26)14-12(8-24(3)23-14)15-21-6-11(18)7-22-15/h6-8,10,13H,4-5,9H2,1-3H3/t10-,13?/m1/s1. The Labute approximate surface area is 149 Å². The second-order valence-electron chi connectivity index (χ2n) is 6.74. The van der Waals surface area contributed by atoms with Gasteiger partial charge in [0.25, 0.3) is 11.8 Å². The lowest BCUT2D eigenvalue weighted by Gasteiger charge is -2.43. The molecule has 2 aromatic rings. The summed E-state index contributed by atoms with van der Waals surface area (Å²) >= 11 is 0. The van der Waals surface area contributed by atoms with Crippen LogP contribution in [-0.2, 0) is 7.05 Å². The van der Waals surface area contributed by atoms with Gasteiger partial charge in [0, 0.05) is 25.7 Å². The summed E-state index contributed by atoms with van der Waals surface area (Å²) in [5.74, 6) is -4.36. The van der Waals surface area contributed by atoms with E-state index in [0.717, 1.165) is 12.4 Å². The molecule has 0 aliphatic carbocycles. The molecule has 26 heavy (non-hydrogen) atoms. The SMILES string of the molecule is CCC1[C@H](C)CC(F)(F)CN1C(=O)c1nn(C)cc1-c1ncc(F)cn1. The highest BCUT2D eigenvalue weighted by molar-refractivity contribution is 5.98. The van der Waals surface area contributed by atoms with Gasteiger partial charge in [0.05, 0.1) is 24.5 Å². The summed E-state index contributed by atoms with van der Waals surface area (Å²) in [5.41, 5.74) is 0.274. The Hall–Kier alpha value is -2.45. The molecule has 2 atom stereocenters. The summed E-state index contributed by atoms with van der Waals surface area (Å²) in [4.78, 5) is 22.0. The van der Waals surface area contributed by atoms with Gasteiger partial charge in [-0.15, -0.1) is 0 Å². The monoisotopic (exact) mass is 367 g/mol. The fourth-order valence-corrected chi connectivity index (χ4v) is 3.59. The predicted octanol–water partition coefficient (Wildman–Crippen LogP) is 2.91. The van der Waals surface area contributed by atoms with Gasteiger partial charge in [-0.1, -0.05) is 13.8 Å². The second kappa shape index (κ2) is 6.69. The normalized spacial score (nSPS) is 22.5. The van der Waals surface area contributed by atoms with Gasteiger partial charge in [0.1, 0.15) is 0 Å². The first-order chi connectivity index (χ1) is 12.2. The number of carbonyl (C=O) groups excluding carboxylic acids is 1. The molecule has 0 spiro atoms. The smallest absolute Gasteiger partial charge is 0.275 e. The average Bonchev–Trinajstić information content (AvgIpc) is 2.95. The Morgan fingerprint density at radius 3 is 2.62 bits per heavy atom. The van der Waals surface area contributed by atoms with Crippen LogP contribution in [0.1, 0.15) is 37.2 Å². The molecule has 0 radical (unpaired) electrons. The number of nitrogens with zero attached hydrogens (tertiary/aromatic N) is 5. The maximum absolute atomic E-state index is 14.1. The number of aryl methyl sites for hydroxylation is 1. The number of amides is 1. The van der Waals surface area contributed by atoms with Crippen LogP contribution in [0.4, 0.5) is 13.2 Å². The summed E-state index contributed by atoms with van der Waals surface area (Å²) in [6.07, 6.45) is 3.81. The summed E-state index contributed by atoms with van der Waals surface area (Å²) < 4.78 is 42.6. The van der Waals surface area contributed by atoms with Crippen LogP contribution in [0.15, 0.2) is 18.6 Å². The van der Waals surface area contributed by atoms with E-state index in [2.05, 4.69) is 15.1 Å². The maximum Gasteiger partial charge on any atom is 0.275 e. The van der Waals surface area contributed by atoms with Gasteiger partial charge in [-0.05, 0) is 12.3 Å². The lowest BCUT2D eigenvalue weighted by atomic mass is 9.86. The number of halogens is 3. The van der Waals surface area contributed by atoms with Crippen LogP contribution in [0.2, 0.25) is 0 Å². The first-order valence-corrected chi connectivity index (χ1v) is 8.42. The van der Waals surface area contributed by atoms with Crippen LogP contribution in [0, 0.1) is 11.7 Å². The van der Waals surface area contributed by atoms with Crippen molar-refractivity contribution in [2.75, 3.05) is 6.54 Å². The molecule has 3 rings (SSSR count). The van der Waals surface area contributed by atoms with Crippen LogP contribution in [0.5, 0.6) is 0 Å². The lowest BCUT2D eigenvalue weighted by molar-refractivity contribution is -0.0925. The molecule has 1 aliphatic heterocycles. The van der Waals surface area contributed by atoms with Crippen molar-refractivity contribution in [3.63, 3.8) is 0 Å². The fraction of sp³-hybridized carbons (Fsp3) is 0.529. The Kier molecular flexibility index (Phi) is 4.72. The highest BCUT2D eigenvalue weighted by Gasteiger charge is 2.46. The van der Waals surface area contributed by atoms with Gasteiger partial charge in [-0.25, -0.2) is 23.1 Å². The largest absolute Gasteiger partial charge is 0.328 e. The third kappa shape index (κ3) is 3.42. The highest BCUT2D eigenvalue weighted by Crippen LogP contribution is 2.36. The molecular weight excluding hydrogens is 347 g/mol. The van der Waals surface area contributed by atoms with Crippen molar-refractivity contribution in [3.05, 3.63) is 30.1 Å². The number of aromatic nitrogens is 4. The van der Waals surface area contributed by atoms with Crippen molar-refractivity contribution < 1.29 is 18.0 Å². The summed E-state index contributed by atoms with van der Waals surface area (Å²) in [5, 5.41) is 4.13. The van der Waals surface area contributed by atoms with Crippen LogP contribution in [0.3, 0.4) is 0 Å². The van der Waals surface area contributed by atoms with E-state index in [9.17, 15) is 18.0 Å². The Balaban J connectivity index is 2.00. The molecule has 3 heterocycles. The van der Waals surface area contributed by atoms with Crippen LogP contribution >= 0.6 is 0 Å². The molecule has 9 heteroatoms. The number of hydrogen-bond donors (Lipinski definition) is 0. The molecule has 140 valence electrons. The Morgan fingerprint density at radius 1 is 1.35 bits per heavy atom. The zero-order valence-electron chi connectivity index (χ0n) is 14.8. The molecule has 0 N–H and O–H groups in total. The molecular formula is C17H20F3N5O. The third-order valence-electron chi connectivity index (χ3n) is 4.65. The maximum atomic E-state index is 14.1. The number of rotatable bonds is 3. The Morgan fingerprint density at radius 2 is 2.00 bits per heavy atom. The first kappa shape index (κ1) is 18.3. The minimum atomic E-state index is -2.94. The van der Waals surface area contributed by atoms with Crippen molar-refractivity contribution in [2.24, 2.45) is 13.0 Å². The zero-order chi connectivity index (χ0) is 19.1. The van der Waals surface area contributed by atoms with E-state index >= 15 is 0 Å². The summed E-state index contributed by atoms with van der Waals surface area (Å²) in [6, 6.07) is -0.300. The van der Waals surface area contributed by atoms with Crippen molar-refractivity contribution in [1.82, 2.24) is 24.6 Å². The molecule has 1 unspecified atom stereocenters. The first-order valence-electron chi connectivity index (χ1n) is 8.42. The van der Waals surface area contributed by atoms with Gasteiger partial charge in [0.2, 0.25) is 0 Å². The Bertz CT molecular complexity index is 805. The van der Waals surface area contributed by atoms with E-state index < -0.39 is 24.2 Å². The molecule has 1 saturated heterocycles. The molecule has 1 aliphatic rings. The molecule has 6 nitrogen and oxygen atoms in total. The zero-order valence-corrected chi connectivity index (χ0v) is 14.8. The topological polar surface area (TPSA) is 63.9 Å². The van der Waals surface area contributed by atoms with E-state index in [-0.39, 0.29) is 35.5 Å². The van der Waals surface area contributed by atoms with Gasteiger partial charge in [-0.2, -0.15) is 5.10 Å². The summed E-state index contributed by atoms with van der Waals surface area (Å²) in [7, 11) is 1.61. The number of carbonyl (C=O) groups is 1. The highest BCUT2D eigenvalue weighted by atomic mass is 19.3. The lowest BCUT2D eigenvalue weighted by Crippen LogP contribution is -2.55. The number of likely N-dealkylation sites (tertiary alicyclic amines) is 1. The van der Waals surface area contributed by atoms with E-state index in [1.165, 1.54) is 15.8 Å². The molecule has 0 saturated carbocycles. The molecule has 0 aromatic carbocycles. The van der Waals surface area contributed by atoms with Gasteiger partial charge < -0.3 is 4.90 Å². The van der Waals surface area contributed by atoms with Crippen molar-refractivity contribution in [1.29, 1.82) is 0 Å². The minimum absolute atomic E-state index is 0.0116. The molecule has 1 fully saturated rings. The average molecular weight is 367 g/mol. The number of alkyl halides is 2. The molecule has 2 aromatic heterocycles. The third-order valence-corrected chi connectivity index (χ3v) is 4.65. The van der Waals surface area contributed by atoms with Gasteiger partial charge in [0.15, 0.2) is 17.3 Å². The fourth-order valence-electron chi connectivity index (χ4n) is 3.59. The van der Waals surface area contributed by atoms with Crippen molar-refractivity contribution in [2.45, 2.75) is 38.7 Å². The van der Waals surface area contributed by atoms with Crippen LogP contribution < -0.4 is 0 Å². The van der Waals surface area contributed by atoms with Crippen molar-refractivity contribution >= 4 is 5.91 Å². The summed E-state index contributed by atoms with van der Waals surface area (Å²) in [6.45, 7) is 2.95. The van der Waals surface area contributed by atoms with Crippen LogP contribution in [0.25, 0.3) is 11.4 Å². The van der Waals surface area contributed by atoms with E-state index in [4.69, 9.17) is 0 Å². The quantitative estimate of drug-likeness (QED) is 0.837. The van der Waals surface area contributed by atoms with Crippen molar-refractivity contribution in [3.8, 4) is 11.4 Å². The van der Waals surface area contributed by atoms with E-state index in [1.807, 2.05) is 6.92 Å². The number of piperidine rings is 1. The van der Waals surface area contributed by atoms with E-state index in [0.29, 0.717) is 6.42 Å². The van der Waals surface area contributed by atoms with Gasteiger partial charge in [-0.3, -0.25) is 9.48 Å². The number of hydrogen-bond acceptors (Lipinski definition) is 4. The minimum Gasteiger partial charge on any atom is -0.328 e. The predicted molar refractivity (Wildman–Crippen MR) is 88.0 cm³/mol. The van der Waals surface area contributed by atoms with E-state index in [1.54, 1.807) is 14.0 Å². The molecule has 1 amide bonds. The van der Waals surface area contributed by atoms with Crippen LogP contribution in [-0.4, -0.2) is 49.1 Å². The van der Waals surface area contributed by atoms with Gasteiger partial charge >= 0.3 is 0 Å².